The molecule has 2 atom stereocenters. The van der Waals surface area contributed by atoms with E-state index < -0.39 is 0 Å². The second kappa shape index (κ2) is 6.04. The topological polar surface area (TPSA) is 68.0 Å². The van der Waals surface area contributed by atoms with E-state index in [1.54, 1.807) is 12.3 Å². The second-order valence-corrected chi connectivity index (χ2v) is 5.76. The van der Waals surface area contributed by atoms with Gasteiger partial charge in [-0.3, -0.25) is 9.78 Å². The molecule has 0 radical (unpaired) electrons. The number of hydrogen-bond acceptors (Lipinski definition) is 3. The second-order valence-electron chi connectivity index (χ2n) is 5.76. The lowest BCUT2D eigenvalue weighted by atomic mass is 9.82. The molecule has 19 heavy (non-hydrogen) atoms. The Hall–Kier alpha value is -1.58. The number of pyridine rings is 1. The van der Waals surface area contributed by atoms with Crippen LogP contribution in [0.1, 0.15) is 48.7 Å². The average Bonchev–Trinajstić information content (AvgIpc) is 2.36. The first kappa shape index (κ1) is 13.8. The Balaban J connectivity index is 1.90. The van der Waals surface area contributed by atoms with Crippen LogP contribution >= 0.6 is 0 Å². The Morgan fingerprint density at radius 2 is 2.32 bits per heavy atom. The van der Waals surface area contributed by atoms with Crippen molar-refractivity contribution in [1.82, 2.24) is 10.3 Å². The van der Waals surface area contributed by atoms with Gasteiger partial charge in [0.15, 0.2) is 0 Å². The SMILES string of the molecule is Cc1cc(N)c(C(=O)NCC2CCCC(C)C2)cn1. The summed E-state index contributed by atoms with van der Waals surface area (Å²) in [5.74, 6) is 1.28. The standard InChI is InChI=1S/C15H23N3O/c1-10-4-3-5-12(6-10)8-18-15(19)13-9-17-11(2)7-14(13)16/h7,9-10,12H,3-6,8H2,1-2H3,(H2,16,17)(H,18,19). The molecule has 4 nitrogen and oxygen atoms in total. The lowest BCUT2D eigenvalue weighted by Gasteiger charge is -2.26. The zero-order valence-electron chi connectivity index (χ0n) is 11.8. The van der Waals surface area contributed by atoms with Crippen LogP contribution in [-0.2, 0) is 0 Å². The molecule has 3 N–H and O–H groups in total. The van der Waals surface area contributed by atoms with E-state index in [0.29, 0.717) is 17.2 Å². The molecule has 0 aliphatic heterocycles. The third-order valence-electron chi connectivity index (χ3n) is 3.91. The zero-order valence-corrected chi connectivity index (χ0v) is 11.8. The van der Waals surface area contributed by atoms with Gasteiger partial charge >= 0.3 is 0 Å². The maximum Gasteiger partial charge on any atom is 0.254 e. The van der Waals surface area contributed by atoms with Gasteiger partial charge in [-0.2, -0.15) is 0 Å². The van der Waals surface area contributed by atoms with Gasteiger partial charge in [-0.15, -0.1) is 0 Å². The van der Waals surface area contributed by atoms with Gasteiger partial charge in [0.05, 0.1) is 5.56 Å². The molecule has 2 rings (SSSR count). The van der Waals surface area contributed by atoms with E-state index in [4.69, 9.17) is 5.73 Å². The molecule has 1 aliphatic carbocycles. The lowest BCUT2D eigenvalue weighted by Crippen LogP contribution is -2.32. The van der Waals surface area contributed by atoms with E-state index in [9.17, 15) is 4.79 Å². The molecular formula is C15H23N3O. The van der Waals surface area contributed by atoms with Crippen LogP contribution < -0.4 is 11.1 Å². The minimum Gasteiger partial charge on any atom is -0.398 e. The molecule has 1 aromatic heterocycles. The third-order valence-corrected chi connectivity index (χ3v) is 3.91. The van der Waals surface area contributed by atoms with Crippen LogP contribution in [0.3, 0.4) is 0 Å². The van der Waals surface area contributed by atoms with Crippen molar-refractivity contribution < 1.29 is 4.79 Å². The van der Waals surface area contributed by atoms with Crippen molar-refractivity contribution in [2.45, 2.75) is 39.5 Å². The van der Waals surface area contributed by atoms with Gasteiger partial charge in [-0.1, -0.05) is 19.8 Å². The molecule has 1 aromatic rings. The summed E-state index contributed by atoms with van der Waals surface area (Å²) in [7, 11) is 0. The zero-order chi connectivity index (χ0) is 13.8. The Bertz CT molecular complexity index is 459. The molecule has 0 saturated heterocycles. The first-order valence-electron chi connectivity index (χ1n) is 7.06. The molecule has 0 spiro atoms. The van der Waals surface area contributed by atoms with Gasteiger partial charge in [-0.25, -0.2) is 0 Å². The van der Waals surface area contributed by atoms with Crippen LogP contribution in [-0.4, -0.2) is 17.4 Å². The van der Waals surface area contributed by atoms with Crippen molar-refractivity contribution in [3.05, 3.63) is 23.5 Å². The predicted octanol–water partition coefficient (Wildman–Crippen LogP) is 2.53. The Kier molecular flexibility index (Phi) is 4.40. The summed E-state index contributed by atoms with van der Waals surface area (Å²) in [5, 5.41) is 2.99. The minimum absolute atomic E-state index is 0.108. The predicted molar refractivity (Wildman–Crippen MR) is 76.8 cm³/mol. The van der Waals surface area contributed by atoms with Gasteiger partial charge in [0.2, 0.25) is 0 Å². The van der Waals surface area contributed by atoms with Gasteiger partial charge in [0.25, 0.3) is 5.91 Å². The van der Waals surface area contributed by atoms with E-state index in [2.05, 4.69) is 17.2 Å². The molecule has 2 unspecified atom stereocenters. The molecule has 4 heteroatoms. The van der Waals surface area contributed by atoms with E-state index >= 15 is 0 Å². The Labute approximate surface area is 114 Å². The van der Waals surface area contributed by atoms with E-state index in [0.717, 1.165) is 18.2 Å². The van der Waals surface area contributed by atoms with Crippen LogP contribution in [0.4, 0.5) is 5.69 Å². The van der Waals surface area contributed by atoms with Crippen molar-refractivity contribution in [3.63, 3.8) is 0 Å². The lowest BCUT2D eigenvalue weighted by molar-refractivity contribution is 0.0941. The molecule has 1 saturated carbocycles. The number of nitrogen functional groups attached to an aromatic ring is 1. The van der Waals surface area contributed by atoms with Crippen LogP contribution in [0.5, 0.6) is 0 Å². The van der Waals surface area contributed by atoms with Crippen LogP contribution in [0.2, 0.25) is 0 Å². The number of hydrogen-bond donors (Lipinski definition) is 2. The van der Waals surface area contributed by atoms with Gasteiger partial charge in [-0.05, 0) is 37.7 Å². The van der Waals surface area contributed by atoms with E-state index in [-0.39, 0.29) is 5.91 Å². The fourth-order valence-corrected chi connectivity index (χ4v) is 2.85. The summed E-state index contributed by atoms with van der Waals surface area (Å²) >= 11 is 0. The summed E-state index contributed by atoms with van der Waals surface area (Å²) < 4.78 is 0. The molecule has 1 heterocycles. The summed E-state index contributed by atoms with van der Waals surface area (Å²) in [6, 6.07) is 1.73. The van der Waals surface area contributed by atoms with Gasteiger partial charge < -0.3 is 11.1 Å². The Morgan fingerprint density at radius 3 is 3.00 bits per heavy atom. The summed E-state index contributed by atoms with van der Waals surface area (Å²) in [6.45, 7) is 4.90. The van der Waals surface area contributed by atoms with Crippen molar-refractivity contribution >= 4 is 11.6 Å². The van der Waals surface area contributed by atoms with Gasteiger partial charge in [0.1, 0.15) is 0 Å². The molecule has 1 fully saturated rings. The van der Waals surface area contributed by atoms with Crippen molar-refractivity contribution in [2.75, 3.05) is 12.3 Å². The molecule has 1 aliphatic rings. The maximum atomic E-state index is 12.1. The molecule has 0 aromatic carbocycles. The first-order valence-corrected chi connectivity index (χ1v) is 7.06. The van der Waals surface area contributed by atoms with Crippen LogP contribution in [0.15, 0.2) is 12.3 Å². The highest BCUT2D eigenvalue weighted by molar-refractivity contribution is 5.98. The smallest absolute Gasteiger partial charge is 0.254 e. The summed E-state index contributed by atoms with van der Waals surface area (Å²) in [4.78, 5) is 16.2. The minimum atomic E-state index is -0.108. The maximum absolute atomic E-state index is 12.1. The van der Waals surface area contributed by atoms with E-state index in [1.807, 2.05) is 6.92 Å². The Morgan fingerprint density at radius 1 is 1.53 bits per heavy atom. The monoisotopic (exact) mass is 261 g/mol. The van der Waals surface area contributed by atoms with Crippen molar-refractivity contribution in [3.8, 4) is 0 Å². The summed E-state index contributed by atoms with van der Waals surface area (Å²) in [5.41, 5.74) is 7.66. The number of aryl methyl sites for hydroxylation is 1. The number of amides is 1. The highest BCUT2D eigenvalue weighted by Crippen LogP contribution is 2.28. The highest BCUT2D eigenvalue weighted by atomic mass is 16.1. The number of aromatic nitrogens is 1. The normalized spacial score (nSPS) is 23.1. The largest absolute Gasteiger partial charge is 0.398 e. The molecule has 1 amide bonds. The van der Waals surface area contributed by atoms with Crippen LogP contribution in [0.25, 0.3) is 0 Å². The quantitative estimate of drug-likeness (QED) is 0.878. The summed E-state index contributed by atoms with van der Waals surface area (Å²) in [6.07, 6.45) is 6.58. The van der Waals surface area contributed by atoms with Crippen molar-refractivity contribution in [1.29, 1.82) is 0 Å². The average molecular weight is 261 g/mol. The number of rotatable bonds is 3. The third kappa shape index (κ3) is 3.69. The number of carbonyl (C=O) groups excluding carboxylic acids is 1. The van der Waals surface area contributed by atoms with Crippen LogP contribution in [0, 0.1) is 18.8 Å². The number of nitrogens with zero attached hydrogens (tertiary/aromatic N) is 1. The first-order chi connectivity index (χ1) is 9.06. The molecular weight excluding hydrogens is 238 g/mol. The number of nitrogens with one attached hydrogen (secondary N) is 1. The number of nitrogens with two attached hydrogens (primary N) is 1. The number of carbonyl (C=O) groups is 1. The molecule has 0 bridgehead atoms. The van der Waals surface area contributed by atoms with Crippen molar-refractivity contribution in [2.24, 2.45) is 11.8 Å². The molecule has 104 valence electrons. The fraction of sp³-hybridized carbons (Fsp3) is 0.600. The highest BCUT2D eigenvalue weighted by Gasteiger charge is 2.20. The van der Waals surface area contributed by atoms with Gasteiger partial charge in [0, 0.05) is 24.1 Å². The van der Waals surface area contributed by atoms with E-state index in [1.165, 1.54) is 25.7 Å². The number of anilines is 1. The fourth-order valence-electron chi connectivity index (χ4n) is 2.85.